The van der Waals surface area contributed by atoms with Gasteiger partial charge in [-0.3, -0.25) is 11.3 Å². The van der Waals surface area contributed by atoms with E-state index in [9.17, 15) is 0 Å². The molecular weight excluding hydrogens is 228 g/mol. The molecule has 1 fully saturated rings. The molecule has 1 saturated heterocycles. The van der Waals surface area contributed by atoms with Gasteiger partial charge in [0.25, 0.3) is 0 Å². The highest BCUT2D eigenvalue weighted by Gasteiger charge is 2.26. The SMILES string of the molecule is NNC(c1coc2ccccc12)C1CCOCC1. The maximum absolute atomic E-state index is 5.75. The molecule has 0 aliphatic carbocycles. The van der Waals surface area contributed by atoms with Crippen molar-refractivity contribution in [2.24, 2.45) is 11.8 Å². The number of hydrazine groups is 1. The Hall–Kier alpha value is -1.36. The van der Waals surface area contributed by atoms with Crippen LogP contribution in [-0.4, -0.2) is 13.2 Å². The Kier molecular flexibility index (Phi) is 3.32. The minimum Gasteiger partial charge on any atom is -0.464 e. The van der Waals surface area contributed by atoms with Gasteiger partial charge in [-0.1, -0.05) is 18.2 Å². The number of hydrogen-bond donors (Lipinski definition) is 2. The number of rotatable bonds is 3. The van der Waals surface area contributed by atoms with Gasteiger partial charge in [-0.15, -0.1) is 0 Å². The third-order valence-corrected chi connectivity index (χ3v) is 3.76. The number of furan rings is 1. The van der Waals surface area contributed by atoms with Crippen LogP contribution in [0.5, 0.6) is 0 Å². The van der Waals surface area contributed by atoms with Crippen LogP contribution in [0, 0.1) is 5.92 Å². The Morgan fingerprint density at radius 2 is 2.00 bits per heavy atom. The molecule has 2 heterocycles. The minimum atomic E-state index is 0.137. The van der Waals surface area contributed by atoms with Crippen molar-refractivity contribution in [3.05, 3.63) is 36.1 Å². The molecule has 0 saturated carbocycles. The van der Waals surface area contributed by atoms with Crippen LogP contribution in [-0.2, 0) is 4.74 Å². The van der Waals surface area contributed by atoms with Crippen molar-refractivity contribution >= 4 is 11.0 Å². The molecule has 0 bridgehead atoms. The van der Waals surface area contributed by atoms with Crippen LogP contribution in [0.2, 0.25) is 0 Å². The average Bonchev–Trinajstić information content (AvgIpc) is 2.85. The van der Waals surface area contributed by atoms with Crippen molar-refractivity contribution in [2.75, 3.05) is 13.2 Å². The minimum absolute atomic E-state index is 0.137. The summed E-state index contributed by atoms with van der Waals surface area (Å²) in [5.41, 5.74) is 5.02. The second kappa shape index (κ2) is 5.10. The van der Waals surface area contributed by atoms with Gasteiger partial charge in [0.05, 0.1) is 12.3 Å². The molecule has 3 N–H and O–H groups in total. The third kappa shape index (κ3) is 2.03. The van der Waals surface area contributed by atoms with Crippen molar-refractivity contribution in [3.8, 4) is 0 Å². The standard InChI is InChI=1S/C14H18N2O2/c15-16-14(10-5-7-17-8-6-10)12-9-18-13-4-2-1-3-11(12)13/h1-4,9-10,14,16H,5-8,15H2. The highest BCUT2D eigenvalue weighted by atomic mass is 16.5. The summed E-state index contributed by atoms with van der Waals surface area (Å²) in [5.74, 6) is 6.26. The normalized spacial score (nSPS) is 19.2. The first kappa shape index (κ1) is 11.7. The van der Waals surface area contributed by atoms with Gasteiger partial charge < -0.3 is 9.15 Å². The van der Waals surface area contributed by atoms with Crippen molar-refractivity contribution in [2.45, 2.75) is 18.9 Å². The van der Waals surface area contributed by atoms with Crippen LogP contribution in [0.3, 0.4) is 0 Å². The van der Waals surface area contributed by atoms with Gasteiger partial charge in [0.2, 0.25) is 0 Å². The Balaban J connectivity index is 1.95. The lowest BCUT2D eigenvalue weighted by molar-refractivity contribution is 0.0537. The van der Waals surface area contributed by atoms with E-state index >= 15 is 0 Å². The van der Waals surface area contributed by atoms with Crippen molar-refractivity contribution in [1.29, 1.82) is 0 Å². The summed E-state index contributed by atoms with van der Waals surface area (Å²) in [6.45, 7) is 1.64. The number of para-hydroxylation sites is 1. The van der Waals surface area contributed by atoms with E-state index in [-0.39, 0.29) is 6.04 Å². The first-order valence-corrected chi connectivity index (χ1v) is 6.40. The van der Waals surface area contributed by atoms with E-state index in [0.717, 1.165) is 42.6 Å². The van der Waals surface area contributed by atoms with Gasteiger partial charge in [0.15, 0.2) is 0 Å². The lowest BCUT2D eigenvalue weighted by Gasteiger charge is -2.29. The van der Waals surface area contributed by atoms with Crippen molar-refractivity contribution in [3.63, 3.8) is 0 Å². The van der Waals surface area contributed by atoms with Crippen molar-refractivity contribution in [1.82, 2.24) is 5.43 Å². The van der Waals surface area contributed by atoms with Crippen LogP contribution < -0.4 is 11.3 Å². The lowest BCUT2D eigenvalue weighted by atomic mass is 9.87. The quantitative estimate of drug-likeness (QED) is 0.644. The molecule has 1 unspecified atom stereocenters. The zero-order valence-corrected chi connectivity index (χ0v) is 10.3. The molecule has 1 atom stereocenters. The van der Waals surface area contributed by atoms with E-state index in [1.807, 2.05) is 24.5 Å². The van der Waals surface area contributed by atoms with E-state index in [2.05, 4.69) is 11.5 Å². The Morgan fingerprint density at radius 3 is 2.78 bits per heavy atom. The molecule has 96 valence electrons. The summed E-state index contributed by atoms with van der Waals surface area (Å²) in [5, 5.41) is 1.15. The second-order valence-electron chi connectivity index (χ2n) is 4.78. The highest BCUT2D eigenvalue weighted by Crippen LogP contribution is 2.34. The van der Waals surface area contributed by atoms with Crippen LogP contribution in [0.25, 0.3) is 11.0 Å². The molecule has 1 aliphatic rings. The molecule has 1 aromatic carbocycles. The summed E-state index contributed by atoms with van der Waals surface area (Å²) in [4.78, 5) is 0. The predicted molar refractivity (Wildman–Crippen MR) is 69.8 cm³/mol. The maximum atomic E-state index is 5.75. The monoisotopic (exact) mass is 246 g/mol. The van der Waals surface area contributed by atoms with Gasteiger partial charge in [-0.2, -0.15) is 0 Å². The van der Waals surface area contributed by atoms with E-state index in [0.29, 0.717) is 5.92 Å². The maximum Gasteiger partial charge on any atom is 0.134 e. The molecule has 3 rings (SSSR count). The zero-order chi connectivity index (χ0) is 12.4. The predicted octanol–water partition coefficient (Wildman–Crippen LogP) is 2.36. The van der Waals surface area contributed by atoms with E-state index in [1.54, 1.807) is 0 Å². The van der Waals surface area contributed by atoms with E-state index in [1.165, 1.54) is 0 Å². The highest BCUT2D eigenvalue weighted by molar-refractivity contribution is 5.81. The molecule has 0 amide bonds. The fraction of sp³-hybridized carbons (Fsp3) is 0.429. The summed E-state index contributed by atoms with van der Waals surface area (Å²) in [6.07, 6.45) is 3.90. The fourth-order valence-corrected chi connectivity index (χ4v) is 2.77. The largest absolute Gasteiger partial charge is 0.464 e. The number of hydrogen-bond acceptors (Lipinski definition) is 4. The molecule has 0 spiro atoms. The summed E-state index contributed by atoms with van der Waals surface area (Å²) in [6, 6.07) is 8.21. The topological polar surface area (TPSA) is 60.4 Å². The molecule has 2 aromatic rings. The number of fused-ring (bicyclic) bond motifs is 1. The van der Waals surface area contributed by atoms with Gasteiger partial charge in [-0.25, -0.2) is 0 Å². The first-order chi connectivity index (χ1) is 8.90. The van der Waals surface area contributed by atoms with Crippen LogP contribution in [0.4, 0.5) is 0 Å². The number of nitrogens with two attached hydrogens (primary N) is 1. The third-order valence-electron chi connectivity index (χ3n) is 3.76. The van der Waals surface area contributed by atoms with E-state index in [4.69, 9.17) is 15.0 Å². The lowest BCUT2D eigenvalue weighted by Crippen LogP contribution is -2.36. The van der Waals surface area contributed by atoms with Gasteiger partial charge in [0, 0.05) is 24.2 Å². The van der Waals surface area contributed by atoms with Crippen LogP contribution >= 0.6 is 0 Å². The second-order valence-corrected chi connectivity index (χ2v) is 4.78. The Bertz CT molecular complexity index is 517. The number of nitrogens with one attached hydrogen (secondary N) is 1. The van der Waals surface area contributed by atoms with Gasteiger partial charge in [0.1, 0.15) is 5.58 Å². The average molecular weight is 246 g/mol. The molecular formula is C14H18N2O2. The molecule has 4 nitrogen and oxygen atoms in total. The molecule has 18 heavy (non-hydrogen) atoms. The van der Waals surface area contributed by atoms with Gasteiger partial charge in [-0.05, 0) is 24.8 Å². The van der Waals surface area contributed by atoms with Gasteiger partial charge >= 0.3 is 0 Å². The molecule has 0 radical (unpaired) electrons. The summed E-state index contributed by atoms with van der Waals surface area (Å²) in [7, 11) is 0. The summed E-state index contributed by atoms with van der Waals surface area (Å²) < 4.78 is 11.0. The Morgan fingerprint density at radius 1 is 1.22 bits per heavy atom. The molecule has 4 heteroatoms. The smallest absolute Gasteiger partial charge is 0.134 e. The van der Waals surface area contributed by atoms with Crippen LogP contribution in [0.1, 0.15) is 24.4 Å². The molecule has 1 aromatic heterocycles. The number of benzene rings is 1. The van der Waals surface area contributed by atoms with Crippen LogP contribution in [0.15, 0.2) is 34.9 Å². The fourth-order valence-electron chi connectivity index (χ4n) is 2.77. The molecule has 1 aliphatic heterocycles. The first-order valence-electron chi connectivity index (χ1n) is 6.40. The van der Waals surface area contributed by atoms with E-state index < -0.39 is 0 Å². The zero-order valence-electron chi connectivity index (χ0n) is 10.3. The summed E-state index contributed by atoms with van der Waals surface area (Å²) >= 11 is 0. The Labute approximate surface area is 106 Å². The number of ether oxygens (including phenoxy) is 1. The van der Waals surface area contributed by atoms with Crippen molar-refractivity contribution < 1.29 is 9.15 Å².